The van der Waals surface area contributed by atoms with E-state index in [4.69, 9.17) is 26.4 Å². The zero-order valence-corrected chi connectivity index (χ0v) is 12.0. The highest BCUT2D eigenvalue weighted by Crippen LogP contribution is 2.24. The number of nitrogens with one attached hydrogen (secondary N) is 1. The molecule has 1 heterocycles. The number of carboxylic acids is 1. The summed E-state index contributed by atoms with van der Waals surface area (Å²) in [7, 11) is 0. The summed E-state index contributed by atoms with van der Waals surface area (Å²) in [5, 5.41) is 30.6. The molecule has 0 aliphatic carbocycles. The van der Waals surface area contributed by atoms with Crippen LogP contribution < -0.4 is 16.8 Å². The van der Waals surface area contributed by atoms with Gasteiger partial charge in [-0.15, -0.1) is 0 Å². The van der Waals surface area contributed by atoms with E-state index in [9.17, 15) is 14.7 Å². The Morgan fingerprint density at radius 1 is 1.50 bits per heavy atom. The second kappa shape index (κ2) is 7.61. The Balaban J connectivity index is 3.21. The lowest BCUT2D eigenvalue weighted by atomic mass is 9.93. The van der Waals surface area contributed by atoms with Crippen LogP contribution in [0.4, 0.5) is 0 Å². The molecular weight excluding hydrogens is 296 g/mol. The van der Waals surface area contributed by atoms with Gasteiger partial charge in [0.15, 0.2) is 5.96 Å². The molecule has 10 heteroatoms. The number of aliphatic imine (C=N–C) groups is 1. The van der Waals surface area contributed by atoms with Crippen molar-refractivity contribution in [1.29, 1.82) is 0 Å². The van der Waals surface area contributed by atoms with Gasteiger partial charge in [-0.2, -0.15) is 0 Å². The number of ether oxygens (including phenoxy) is 1. The predicted molar refractivity (Wildman–Crippen MR) is 75.5 cm³/mol. The lowest BCUT2D eigenvalue weighted by Gasteiger charge is -2.37. The van der Waals surface area contributed by atoms with Crippen LogP contribution in [-0.4, -0.2) is 64.1 Å². The molecule has 1 aliphatic heterocycles. The van der Waals surface area contributed by atoms with Crippen molar-refractivity contribution >= 4 is 17.8 Å². The fourth-order valence-corrected chi connectivity index (χ4v) is 2.14. The maximum absolute atomic E-state index is 11.3. The maximum Gasteiger partial charge on any atom is 0.370 e. The molecule has 0 aromatic rings. The summed E-state index contributed by atoms with van der Waals surface area (Å²) in [6.07, 6.45) is -1.27. The molecule has 0 bridgehead atoms. The molecule has 1 rings (SSSR count). The first kappa shape index (κ1) is 17.7. The number of rotatable bonds is 6. The van der Waals surface area contributed by atoms with Gasteiger partial charge >= 0.3 is 5.97 Å². The molecule has 10 nitrogen and oxygen atoms in total. The molecule has 0 fully saturated rings. The number of guanidine groups is 1. The number of hydrogen-bond acceptors (Lipinski definition) is 6. The van der Waals surface area contributed by atoms with E-state index in [1.54, 1.807) is 0 Å². The lowest BCUT2D eigenvalue weighted by Crippen LogP contribution is -2.57. The van der Waals surface area contributed by atoms with Crippen LogP contribution in [0.25, 0.3) is 0 Å². The molecule has 0 aromatic carbocycles. The van der Waals surface area contributed by atoms with Crippen LogP contribution in [0.1, 0.15) is 13.3 Å². The van der Waals surface area contributed by atoms with Crippen LogP contribution in [-0.2, 0) is 14.3 Å². The van der Waals surface area contributed by atoms with Gasteiger partial charge in [0.2, 0.25) is 11.7 Å². The average Bonchev–Trinajstić information content (AvgIpc) is 2.39. The molecule has 4 atom stereocenters. The van der Waals surface area contributed by atoms with E-state index < -0.39 is 41.9 Å². The number of aliphatic hydroxyl groups excluding tert-OH is 2. The molecule has 1 amide bonds. The summed E-state index contributed by atoms with van der Waals surface area (Å²) in [5.41, 5.74) is 10.6. The van der Waals surface area contributed by atoms with Crippen molar-refractivity contribution in [2.75, 3.05) is 6.61 Å². The van der Waals surface area contributed by atoms with E-state index in [2.05, 4.69) is 10.3 Å². The third-order valence-corrected chi connectivity index (χ3v) is 2.99. The topological polar surface area (TPSA) is 180 Å². The normalized spacial score (nSPS) is 25.4. The third-order valence-electron chi connectivity index (χ3n) is 2.99. The number of carbonyl (C=O) groups excluding carboxylic acids is 1. The first-order chi connectivity index (χ1) is 10.3. The van der Waals surface area contributed by atoms with Gasteiger partial charge in [0.05, 0.1) is 18.2 Å². The van der Waals surface area contributed by atoms with E-state index in [1.807, 2.05) is 0 Å². The Hall–Kier alpha value is -2.33. The SMILES string of the molecule is CC(=O)NC1C(N=C(N)N)C=C(C(=O)O)O[C@H]1C(O)CCO. The average molecular weight is 316 g/mol. The zero-order valence-electron chi connectivity index (χ0n) is 12.0. The first-order valence-corrected chi connectivity index (χ1v) is 6.52. The number of amides is 1. The van der Waals surface area contributed by atoms with Gasteiger partial charge in [-0.3, -0.25) is 4.79 Å². The minimum absolute atomic E-state index is 0.0673. The molecule has 1 aliphatic rings. The Morgan fingerprint density at radius 3 is 2.59 bits per heavy atom. The second-order valence-corrected chi connectivity index (χ2v) is 4.77. The minimum Gasteiger partial charge on any atom is -0.478 e. The van der Waals surface area contributed by atoms with Crippen molar-refractivity contribution in [3.05, 3.63) is 11.8 Å². The van der Waals surface area contributed by atoms with Crippen molar-refractivity contribution in [2.24, 2.45) is 16.5 Å². The van der Waals surface area contributed by atoms with Crippen LogP contribution in [0, 0.1) is 0 Å². The Bertz CT molecular complexity index is 488. The molecule has 0 aromatic heterocycles. The van der Waals surface area contributed by atoms with Gasteiger partial charge in [0.25, 0.3) is 0 Å². The number of nitrogens with two attached hydrogens (primary N) is 2. The Kier molecular flexibility index (Phi) is 6.13. The third kappa shape index (κ3) is 4.60. The minimum atomic E-state index is -1.36. The summed E-state index contributed by atoms with van der Waals surface area (Å²) in [6, 6.07) is -1.81. The van der Waals surface area contributed by atoms with Crippen LogP contribution in [0.3, 0.4) is 0 Å². The Morgan fingerprint density at radius 2 is 2.14 bits per heavy atom. The monoisotopic (exact) mass is 316 g/mol. The van der Waals surface area contributed by atoms with E-state index in [0.29, 0.717) is 0 Å². The molecule has 0 saturated heterocycles. The van der Waals surface area contributed by atoms with Crippen LogP contribution >= 0.6 is 0 Å². The van der Waals surface area contributed by atoms with E-state index in [1.165, 1.54) is 6.92 Å². The first-order valence-electron chi connectivity index (χ1n) is 6.52. The lowest BCUT2D eigenvalue weighted by molar-refractivity contribution is -0.141. The van der Waals surface area contributed by atoms with Gasteiger partial charge in [-0.1, -0.05) is 0 Å². The quantitative estimate of drug-likeness (QED) is 0.225. The summed E-state index contributed by atoms with van der Waals surface area (Å²) >= 11 is 0. The number of aliphatic hydroxyl groups is 2. The number of aliphatic carboxylic acids is 1. The summed E-state index contributed by atoms with van der Waals surface area (Å²) in [6.45, 7) is 0.908. The van der Waals surface area contributed by atoms with Gasteiger partial charge < -0.3 is 36.8 Å². The highest BCUT2D eigenvalue weighted by atomic mass is 16.5. The smallest absolute Gasteiger partial charge is 0.370 e. The highest BCUT2D eigenvalue weighted by molar-refractivity contribution is 5.85. The maximum atomic E-state index is 11.3. The second-order valence-electron chi connectivity index (χ2n) is 4.77. The summed E-state index contributed by atoms with van der Waals surface area (Å²) in [5.74, 6) is -2.55. The van der Waals surface area contributed by atoms with Gasteiger partial charge in [-0.05, 0) is 6.08 Å². The number of carboxylic acid groups (broad SMARTS) is 1. The molecule has 8 N–H and O–H groups in total. The van der Waals surface area contributed by atoms with Gasteiger partial charge in [0.1, 0.15) is 6.10 Å². The van der Waals surface area contributed by atoms with Crippen molar-refractivity contribution in [3.63, 3.8) is 0 Å². The van der Waals surface area contributed by atoms with Crippen LogP contribution in [0.5, 0.6) is 0 Å². The largest absolute Gasteiger partial charge is 0.478 e. The Labute approximate surface area is 126 Å². The van der Waals surface area contributed by atoms with E-state index in [0.717, 1.165) is 6.08 Å². The van der Waals surface area contributed by atoms with Crippen molar-refractivity contribution in [1.82, 2.24) is 5.32 Å². The molecule has 22 heavy (non-hydrogen) atoms. The van der Waals surface area contributed by atoms with E-state index in [-0.39, 0.29) is 19.0 Å². The summed E-state index contributed by atoms with van der Waals surface area (Å²) < 4.78 is 5.22. The van der Waals surface area contributed by atoms with E-state index >= 15 is 0 Å². The van der Waals surface area contributed by atoms with Crippen molar-refractivity contribution < 1.29 is 29.6 Å². The molecule has 0 radical (unpaired) electrons. The van der Waals surface area contributed by atoms with Gasteiger partial charge in [0, 0.05) is 20.0 Å². The van der Waals surface area contributed by atoms with Crippen LogP contribution in [0.15, 0.2) is 16.8 Å². The molecular formula is C12H20N4O6. The van der Waals surface area contributed by atoms with Crippen molar-refractivity contribution in [3.8, 4) is 0 Å². The standard InChI is InChI=1S/C12H20N4O6/c1-5(18)15-9-6(16-12(13)14)4-8(11(20)21)22-10(9)7(19)2-3-17/h4,6-7,9-10,17,19H,2-3H2,1H3,(H,15,18)(H,20,21)(H4,13,14,16)/t6?,7?,9?,10-/m0/s1. The molecule has 0 spiro atoms. The fourth-order valence-electron chi connectivity index (χ4n) is 2.14. The predicted octanol–water partition coefficient (Wildman–Crippen LogP) is -2.76. The number of nitrogens with zero attached hydrogens (tertiary/aromatic N) is 1. The number of carbonyl (C=O) groups is 2. The zero-order chi connectivity index (χ0) is 16.9. The molecule has 3 unspecified atom stereocenters. The highest BCUT2D eigenvalue weighted by Gasteiger charge is 2.41. The molecule has 0 saturated carbocycles. The van der Waals surface area contributed by atoms with Crippen molar-refractivity contribution in [2.45, 2.75) is 37.6 Å². The number of hydrogen-bond donors (Lipinski definition) is 6. The summed E-state index contributed by atoms with van der Waals surface area (Å²) in [4.78, 5) is 26.3. The fraction of sp³-hybridized carbons (Fsp3) is 0.583. The van der Waals surface area contributed by atoms with Gasteiger partial charge in [-0.25, -0.2) is 9.79 Å². The molecule has 124 valence electrons. The van der Waals surface area contributed by atoms with Crippen LogP contribution in [0.2, 0.25) is 0 Å².